The summed E-state index contributed by atoms with van der Waals surface area (Å²) in [7, 11) is -0.194. The molecule has 0 fully saturated rings. The standard InChI is InChI=1S/C8H20O3Si/c1-5-10-12(4,11-6-2)8-7-9-3/h5-8H2,1-4H3. The highest BCUT2D eigenvalue weighted by Crippen LogP contribution is 2.12. The Morgan fingerprint density at radius 1 is 1.08 bits per heavy atom. The van der Waals surface area contributed by atoms with E-state index in [1.165, 1.54) is 0 Å². The minimum Gasteiger partial charge on any atom is -0.395 e. The van der Waals surface area contributed by atoms with Gasteiger partial charge in [-0.2, -0.15) is 0 Å². The molecule has 0 aromatic heterocycles. The van der Waals surface area contributed by atoms with Gasteiger partial charge in [0.25, 0.3) is 0 Å². The summed E-state index contributed by atoms with van der Waals surface area (Å²) in [5.74, 6) is 0. The van der Waals surface area contributed by atoms with E-state index < -0.39 is 8.56 Å². The van der Waals surface area contributed by atoms with Crippen molar-refractivity contribution in [2.75, 3.05) is 26.9 Å². The van der Waals surface area contributed by atoms with Crippen LogP contribution in [0.5, 0.6) is 0 Å². The second kappa shape index (κ2) is 6.60. The molecule has 74 valence electrons. The summed E-state index contributed by atoms with van der Waals surface area (Å²) in [4.78, 5) is 0. The summed E-state index contributed by atoms with van der Waals surface area (Å²) >= 11 is 0. The van der Waals surface area contributed by atoms with Crippen molar-refractivity contribution in [3.63, 3.8) is 0 Å². The lowest BCUT2D eigenvalue weighted by Gasteiger charge is -2.25. The van der Waals surface area contributed by atoms with Crippen molar-refractivity contribution in [3.05, 3.63) is 0 Å². The zero-order chi connectivity index (χ0) is 9.45. The van der Waals surface area contributed by atoms with Gasteiger partial charge in [-0.15, -0.1) is 0 Å². The van der Waals surface area contributed by atoms with Crippen molar-refractivity contribution in [2.45, 2.75) is 26.4 Å². The molecule has 0 N–H and O–H groups in total. The molecule has 0 atom stereocenters. The third-order valence-corrected chi connectivity index (χ3v) is 4.57. The Balaban J connectivity index is 3.80. The SMILES string of the molecule is CCO[Si](C)(CCOC)OCC. The van der Waals surface area contributed by atoms with Crippen LogP contribution in [0.3, 0.4) is 0 Å². The summed E-state index contributed by atoms with van der Waals surface area (Å²) in [6, 6.07) is 0.908. The number of methoxy groups -OCH3 is 1. The van der Waals surface area contributed by atoms with Gasteiger partial charge in [-0.05, 0) is 20.4 Å². The van der Waals surface area contributed by atoms with Gasteiger partial charge in [0, 0.05) is 33.0 Å². The molecule has 0 unspecified atom stereocenters. The molecule has 0 saturated heterocycles. The van der Waals surface area contributed by atoms with Gasteiger partial charge in [0.2, 0.25) is 0 Å². The van der Waals surface area contributed by atoms with Gasteiger partial charge in [0.15, 0.2) is 0 Å². The number of hydrogen-bond donors (Lipinski definition) is 0. The number of rotatable bonds is 7. The maximum atomic E-state index is 5.61. The molecule has 0 aliphatic rings. The summed E-state index contributed by atoms with van der Waals surface area (Å²) in [5.41, 5.74) is 0. The lowest BCUT2D eigenvalue weighted by atomic mass is 10.9. The highest BCUT2D eigenvalue weighted by atomic mass is 28.4. The van der Waals surface area contributed by atoms with E-state index in [0.29, 0.717) is 0 Å². The Hall–Kier alpha value is 0.0969. The second-order valence-corrected chi connectivity index (χ2v) is 6.09. The molecule has 0 saturated carbocycles. The normalized spacial score (nSPS) is 12.0. The van der Waals surface area contributed by atoms with E-state index in [2.05, 4.69) is 6.55 Å². The Morgan fingerprint density at radius 2 is 1.58 bits per heavy atom. The average Bonchev–Trinajstić information content (AvgIpc) is 2.02. The van der Waals surface area contributed by atoms with Crippen LogP contribution in [0.1, 0.15) is 13.8 Å². The summed E-state index contributed by atoms with van der Waals surface area (Å²) in [6.45, 7) is 8.26. The molecule has 0 heterocycles. The Labute approximate surface area is 76.3 Å². The van der Waals surface area contributed by atoms with Crippen molar-refractivity contribution < 1.29 is 13.6 Å². The molecule has 4 heteroatoms. The topological polar surface area (TPSA) is 27.7 Å². The fraction of sp³-hybridized carbons (Fsp3) is 1.00. The lowest BCUT2D eigenvalue weighted by Crippen LogP contribution is -2.39. The molecule has 0 radical (unpaired) electrons. The van der Waals surface area contributed by atoms with Gasteiger partial charge in [0.05, 0.1) is 0 Å². The van der Waals surface area contributed by atoms with Gasteiger partial charge < -0.3 is 13.6 Å². The van der Waals surface area contributed by atoms with E-state index in [1.807, 2.05) is 13.8 Å². The molecular weight excluding hydrogens is 172 g/mol. The zero-order valence-electron chi connectivity index (χ0n) is 8.55. The van der Waals surface area contributed by atoms with Crippen molar-refractivity contribution in [1.82, 2.24) is 0 Å². The first-order valence-corrected chi connectivity index (χ1v) is 6.97. The lowest BCUT2D eigenvalue weighted by molar-refractivity contribution is 0.163. The largest absolute Gasteiger partial charge is 0.395 e. The molecule has 0 aliphatic heterocycles. The van der Waals surface area contributed by atoms with Gasteiger partial charge in [-0.25, -0.2) is 0 Å². The minimum atomic E-state index is -1.90. The Morgan fingerprint density at radius 3 is 1.92 bits per heavy atom. The first-order chi connectivity index (χ1) is 5.68. The molecular formula is C8H20O3Si. The third-order valence-electron chi connectivity index (χ3n) is 1.66. The van der Waals surface area contributed by atoms with E-state index in [1.54, 1.807) is 7.11 Å². The predicted octanol–water partition coefficient (Wildman–Crippen LogP) is 1.78. The van der Waals surface area contributed by atoms with E-state index in [9.17, 15) is 0 Å². The fourth-order valence-corrected chi connectivity index (χ4v) is 3.25. The van der Waals surface area contributed by atoms with Crippen molar-refractivity contribution in [2.24, 2.45) is 0 Å². The molecule has 0 spiro atoms. The van der Waals surface area contributed by atoms with Crippen LogP contribution in [0, 0.1) is 0 Å². The van der Waals surface area contributed by atoms with Crippen LogP contribution < -0.4 is 0 Å². The molecule has 0 bridgehead atoms. The molecule has 0 aliphatic carbocycles. The molecule has 0 rings (SSSR count). The highest BCUT2D eigenvalue weighted by molar-refractivity contribution is 6.66. The Bertz CT molecular complexity index is 102. The summed E-state index contributed by atoms with van der Waals surface area (Å²) < 4.78 is 16.2. The smallest absolute Gasteiger partial charge is 0.337 e. The Kier molecular flexibility index (Phi) is 6.65. The molecule has 0 aromatic rings. The second-order valence-electron chi connectivity index (χ2n) is 2.74. The van der Waals surface area contributed by atoms with Gasteiger partial charge in [0.1, 0.15) is 0 Å². The van der Waals surface area contributed by atoms with Crippen LogP contribution in [-0.4, -0.2) is 35.5 Å². The zero-order valence-corrected chi connectivity index (χ0v) is 9.55. The number of hydrogen-bond acceptors (Lipinski definition) is 3. The van der Waals surface area contributed by atoms with Gasteiger partial charge in [-0.1, -0.05) is 0 Å². The first-order valence-electron chi connectivity index (χ1n) is 4.45. The van der Waals surface area contributed by atoms with E-state index in [0.717, 1.165) is 25.9 Å². The van der Waals surface area contributed by atoms with Crippen LogP contribution in [-0.2, 0) is 13.6 Å². The van der Waals surface area contributed by atoms with Crippen molar-refractivity contribution in [1.29, 1.82) is 0 Å². The van der Waals surface area contributed by atoms with Crippen LogP contribution in [0.15, 0.2) is 0 Å². The monoisotopic (exact) mass is 192 g/mol. The van der Waals surface area contributed by atoms with Crippen LogP contribution in [0.2, 0.25) is 12.6 Å². The molecule has 12 heavy (non-hydrogen) atoms. The van der Waals surface area contributed by atoms with Gasteiger partial charge >= 0.3 is 8.56 Å². The van der Waals surface area contributed by atoms with Crippen LogP contribution in [0.25, 0.3) is 0 Å². The van der Waals surface area contributed by atoms with Crippen LogP contribution >= 0.6 is 0 Å². The maximum absolute atomic E-state index is 5.61. The van der Waals surface area contributed by atoms with Crippen molar-refractivity contribution >= 4 is 8.56 Å². The quantitative estimate of drug-likeness (QED) is 0.575. The first kappa shape index (κ1) is 12.1. The number of ether oxygens (including phenoxy) is 1. The molecule has 0 aromatic carbocycles. The minimum absolute atomic E-state index is 0.725. The average molecular weight is 192 g/mol. The highest BCUT2D eigenvalue weighted by Gasteiger charge is 2.29. The fourth-order valence-electron chi connectivity index (χ4n) is 1.08. The van der Waals surface area contributed by atoms with Gasteiger partial charge in [-0.3, -0.25) is 0 Å². The molecule has 3 nitrogen and oxygen atoms in total. The van der Waals surface area contributed by atoms with E-state index in [-0.39, 0.29) is 0 Å². The third kappa shape index (κ3) is 4.87. The molecule has 0 amide bonds. The maximum Gasteiger partial charge on any atom is 0.337 e. The summed E-state index contributed by atoms with van der Waals surface area (Å²) in [5, 5.41) is 0. The van der Waals surface area contributed by atoms with E-state index in [4.69, 9.17) is 13.6 Å². The summed E-state index contributed by atoms with van der Waals surface area (Å²) in [6.07, 6.45) is 0. The van der Waals surface area contributed by atoms with Crippen molar-refractivity contribution in [3.8, 4) is 0 Å². The van der Waals surface area contributed by atoms with E-state index >= 15 is 0 Å². The predicted molar refractivity (Wildman–Crippen MR) is 51.6 cm³/mol. The van der Waals surface area contributed by atoms with Crippen LogP contribution in [0.4, 0.5) is 0 Å².